The molecule has 3 aromatic carbocycles. The number of benzene rings is 3. The van der Waals surface area contributed by atoms with Gasteiger partial charge >= 0.3 is 0 Å². The Hall–Kier alpha value is -3.52. The van der Waals surface area contributed by atoms with Gasteiger partial charge in [-0.15, -0.1) is 0 Å². The molecule has 1 saturated heterocycles. The van der Waals surface area contributed by atoms with Gasteiger partial charge in [0.15, 0.2) is 5.75 Å². The molecule has 2 atom stereocenters. The maximum absolute atomic E-state index is 14.5. The van der Waals surface area contributed by atoms with E-state index < -0.39 is 0 Å². The number of fused-ring (bicyclic) bond motifs is 2. The Morgan fingerprint density at radius 2 is 1.64 bits per heavy atom. The topological polar surface area (TPSA) is 71.1 Å². The summed E-state index contributed by atoms with van der Waals surface area (Å²) in [6.45, 7) is 7.89. The SMILES string of the molecule is CC(=O)N1CC2CC(c3ccc(OCCOc4c(Cl)cc(C)cc4Cl)cc3)=C(C(=O)N(Cc3cccc(C)c3)C3CC3)C(C1)N2. The van der Waals surface area contributed by atoms with E-state index >= 15 is 0 Å². The summed E-state index contributed by atoms with van der Waals surface area (Å²) in [7, 11) is 0. The van der Waals surface area contributed by atoms with Gasteiger partial charge in [-0.1, -0.05) is 65.2 Å². The van der Waals surface area contributed by atoms with Crippen molar-refractivity contribution in [2.75, 3.05) is 26.3 Å². The normalized spacial score (nSPS) is 19.4. The molecule has 2 unspecified atom stereocenters. The van der Waals surface area contributed by atoms with Gasteiger partial charge in [0.05, 0.1) is 16.1 Å². The number of aryl methyl sites for hydroxylation is 2. The number of rotatable bonds is 10. The van der Waals surface area contributed by atoms with Crippen molar-refractivity contribution in [3.63, 3.8) is 0 Å². The molecule has 0 spiro atoms. The first-order chi connectivity index (χ1) is 21.7. The molecule has 1 N–H and O–H groups in total. The largest absolute Gasteiger partial charge is 0.490 e. The minimum atomic E-state index is -0.226. The second kappa shape index (κ2) is 13.5. The van der Waals surface area contributed by atoms with E-state index in [-0.39, 0.29) is 36.5 Å². The van der Waals surface area contributed by atoms with Crippen LogP contribution >= 0.6 is 23.2 Å². The zero-order valence-corrected chi connectivity index (χ0v) is 27.5. The summed E-state index contributed by atoms with van der Waals surface area (Å²) in [5, 5.41) is 4.61. The maximum Gasteiger partial charge on any atom is 0.252 e. The molecule has 7 nitrogen and oxygen atoms in total. The molecule has 3 aliphatic rings. The van der Waals surface area contributed by atoms with Crippen molar-refractivity contribution in [2.24, 2.45) is 0 Å². The van der Waals surface area contributed by atoms with Crippen LogP contribution in [-0.4, -0.2) is 66.0 Å². The summed E-state index contributed by atoms with van der Waals surface area (Å²) >= 11 is 12.6. The fourth-order valence-corrected chi connectivity index (χ4v) is 7.12. The van der Waals surface area contributed by atoms with Crippen LogP contribution in [0.4, 0.5) is 0 Å². The first-order valence-electron chi connectivity index (χ1n) is 15.6. The highest BCUT2D eigenvalue weighted by Gasteiger charge is 2.43. The minimum absolute atomic E-state index is 0.0398. The zero-order valence-electron chi connectivity index (χ0n) is 25.9. The number of hydrogen-bond acceptors (Lipinski definition) is 5. The Morgan fingerprint density at radius 3 is 2.31 bits per heavy atom. The Bertz CT molecular complexity index is 1600. The number of carbonyl (C=O) groups is 2. The molecule has 0 radical (unpaired) electrons. The van der Waals surface area contributed by atoms with Gasteiger partial charge in [-0.25, -0.2) is 0 Å². The molecule has 1 saturated carbocycles. The lowest BCUT2D eigenvalue weighted by Gasteiger charge is -2.44. The second-order valence-corrected chi connectivity index (χ2v) is 13.2. The van der Waals surface area contributed by atoms with Gasteiger partial charge in [-0.2, -0.15) is 0 Å². The molecule has 2 aliphatic heterocycles. The highest BCUT2D eigenvalue weighted by atomic mass is 35.5. The van der Waals surface area contributed by atoms with Gasteiger partial charge in [0.25, 0.3) is 5.91 Å². The van der Waals surface area contributed by atoms with E-state index in [1.54, 1.807) is 6.92 Å². The van der Waals surface area contributed by atoms with Gasteiger partial charge in [0, 0.05) is 44.2 Å². The van der Waals surface area contributed by atoms with Crippen molar-refractivity contribution in [1.29, 1.82) is 0 Å². The van der Waals surface area contributed by atoms with Crippen LogP contribution in [0.2, 0.25) is 10.0 Å². The van der Waals surface area contributed by atoms with Crippen LogP contribution < -0.4 is 14.8 Å². The van der Waals surface area contributed by atoms with Gasteiger partial charge in [0.1, 0.15) is 19.0 Å². The lowest BCUT2D eigenvalue weighted by Crippen LogP contribution is -2.61. The predicted octanol–water partition coefficient (Wildman–Crippen LogP) is 6.61. The van der Waals surface area contributed by atoms with Crippen LogP contribution in [0.15, 0.2) is 66.2 Å². The molecular formula is C36H39Cl2N3O4. The van der Waals surface area contributed by atoms with Crippen molar-refractivity contribution < 1.29 is 19.1 Å². The Balaban J connectivity index is 1.22. The Labute approximate surface area is 275 Å². The van der Waals surface area contributed by atoms with E-state index in [2.05, 4.69) is 30.4 Å². The number of nitrogens with zero attached hydrogens (tertiary/aromatic N) is 2. The molecule has 0 aromatic heterocycles. The van der Waals surface area contributed by atoms with E-state index in [1.165, 1.54) is 5.56 Å². The molecule has 2 heterocycles. The van der Waals surface area contributed by atoms with Crippen LogP contribution in [0, 0.1) is 13.8 Å². The summed E-state index contributed by atoms with van der Waals surface area (Å²) < 4.78 is 11.8. The second-order valence-electron chi connectivity index (χ2n) is 12.4. The molecular weight excluding hydrogens is 609 g/mol. The van der Waals surface area contributed by atoms with E-state index in [1.807, 2.05) is 59.2 Å². The summed E-state index contributed by atoms with van der Waals surface area (Å²) in [6, 6.07) is 20.0. The van der Waals surface area contributed by atoms with Crippen LogP contribution in [0.5, 0.6) is 11.5 Å². The third kappa shape index (κ3) is 7.32. The molecule has 3 aromatic rings. The van der Waals surface area contributed by atoms with Crippen LogP contribution in [0.1, 0.15) is 48.4 Å². The third-order valence-electron chi connectivity index (χ3n) is 8.71. The first-order valence-corrected chi connectivity index (χ1v) is 16.3. The lowest BCUT2D eigenvalue weighted by molar-refractivity contribution is -0.132. The maximum atomic E-state index is 14.5. The van der Waals surface area contributed by atoms with Gasteiger partial charge < -0.3 is 24.6 Å². The number of piperazine rings is 1. The standard InChI is InChI=1S/C36H39Cl2N3O4/c1-22-5-4-6-25(15-22)19-41(28-9-10-28)36(43)34-30(18-27-20-40(24(3)42)21-33(34)39-27)26-7-11-29(12-8-26)44-13-14-45-35-31(37)16-23(2)17-32(35)38/h4-8,11-12,15-17,27-28,33,39H,9-10,13-14,18-21H2,1-3H3. The van der Waals surface area contributed by atoms with Crippen molar-refractivity contribution in [3.8, 4) is 11.5 Å². The summed E-state index contributed by atoms with van der Waals surface area (Å²) in [4.78, 5) is 30.8. The summed E-state index contributed by atoms with van der Waals surface area (Å²) in [5.74, 6) is 1.25. The highest BCUT2D eigenvalue weighted by Crippen LogP contribution is 2.38. The molecule has 6 rings (SSSR count). The molecule has 2 amide bonds. The van der Waals surface area contributed by atoms with Crippen molar-refractivity contribution in [1.82, 2.24) is 15.1 Å². The van der Waals surface area contributed by atoms with Crippen molar-refractivity contribution in [2.45, 2.75) is 64.7 Å². The highest BCUT2D eigenvalue weighted by molar-refractivity contribution is 6.37. The average molecular weight is 649 g/mol. The van der Waals surface area contributed by atoms with E-state index in [9.17, 15) is 9.59 Å². The molecule has 1 aliphatic carbocycles. The van der Waals surface area contributed by atoms with Crippen LogP contribution in [0.3, 0.4) is 0 Å². The first kappa shape index (κ1) is 31.5. The average Bonchev–Trinajstić information content (AvgIpc) is 3.84. The van der Waals surface area contributed by atoms with Crippen molar-refractivity contribution >= 4 is 40.6 Å². The van der Waals surface area contributed by atoms with E-state index in [0.717, 1.165) is 40.7 Å². The van der Waals surface area contributed by atoms with E-state index in [4.69, 9.17) is 32.7 Å². The van der Waals surface area contributed by atoms with Gasteiger partial charge in [-0.3, -0.25) is 9.59 Å². The smallest absolute Gasteiger partial charge is 0.252 e. The van der Waals surface area contributed by atoms with E-state index in [0.29, 0.717) is 54.2 Å². The number of hydrogen-bond donors (Lipinski definition) is 1. The molecule has 2 bridgehead atoms. The lowest BCUT2D eigenvalue weighted by atomic mass is 9.82. The molecule has 236 valence electrons. The predicted molar refractivity (Wildman–Crippen MR) is 178 cm³/mol. The number of ether oxygens (including phenoxy) is 2. The number of amides is 2. The quantitative estimate of drug-likeness (QED) is 0.251. The van der Waals surface area contributed by atoms with Gasteiger partial charge in [-0.05, 0) is 79.6 Å². The summed E-state index contributed by atoms with van der Waals surface area (Å²) in [5.41, 5.74) is 6.09. The Morgan fingerprint density at radius 1 is 0.933 bits per heavy atom. The monoisotopic (exact) mass is 647 g/mol. The Kier molecular flexibility index (Phi) is 9.41. The zero-order chi connectivity index (χ0) is 31.7. The van der Waals surface area contributed by atoms with Gasteiger partial charge in [0.2, 0.25) is 5.91 Å². The molecule has 45 heavy (non-hydrogen) atoms. The fourth-order valence-electron chi connectivity index (χ4n) is 6.42. The molecule has 9 heteroatoms. The number of carbonyl (C=O) groups excluding carboxylic acids is 2. The number of nitrogens with one attached hydrogen (secondary N) is 1. The number of halogens is 2. The molecule has 2 fully saturated rings. The van der Waals surface area contributed by atoms with Crippen LogP contribution in [0.25, 0.3) is 5.57 Å². The van der Waals surface area contributed by atoms with Crippen LogP contribution in [-0.2, 0) is 16.1 Å². The minimum Gasteiger partial charge on any atom is -0.490 e. The third-order valence-corrected chi connectivity index (χ3v) is 9.27. The van der Waals surface area contributed by atoms with Crippen molar-refractivity contribution in [3.05, 3.63) is 98.5 Å². The summed E-state index contributed by atoms with van der Waals surface area (Å²) in [6.07, 6.45) is 2.69. The fraction of sp³-hybridized carbons (Fsp3) is 0.389.